The van der Waals surface area contributed by atoms with Crippen molar-refractivity contribution in [3.63, 3.8) is 0 Å². The minimum atomic E-state index is -0.996. The number of halogens is 2. The van der Waals surface area contributed by atoms with Gasteiger partial charge in [0.05, 0.1) is 17.1 Å². The molecule has 0 heterocycles. The van der Waals surface area contributed by atoms with Crippen LogP contribution in [0.4, 0.5) is 14.9 Å². The third-order valence-electron chi connectivity index (χ3n) is 2.70. The lowest BCUT2D eigenvalue weighted by atomic mass is 10.0. The van der Waals surface area contributed by atoms with Gasteiger partial charge in [0.2, 0.25) is 0 Å². The Bertz CT molecular complexity index is 508. The third kappa shape index (κ3) is 5.05. The summed E-state index contributed by atoms with van der Waals surface area (Å²) in [5, 5.41) is 13.9. The summed E-state index contributed by atoms with van der Waals surface area (Å²) in [5.41, 5.74) is 0.253. The fraction of sp³-hybridized carbons (Fsp3) is 0.385. The van der Waals surface area contributed by atoms with Gasteiger partial charge in [-0.25, -0.2) is 9.18 Å². The SMILES string of the molecule is CC(C)C(CC(=O)O)NC(=O)Nc1ccc(F)cc1Cl. The monoisotopic (exact) mass is 302 g/mol. The Morgan fingerprint density at radius 1 is 1.40 bits per heavy atom. The Kier molecular flexibility index (Phi) is 5.76. The highest BCUT2D eigenvalue weighted by Gasteiger charge is 2.19. The summed E-state index contributed by atoms with van der Waals surface area (Å²) in [6.07, 6.45) is -0.178. The molecule has 1 aromatic rings. The molecule has 0 saturated carbocycles. The molecule has 110 valence electrons. The molecule has 1 aromatic carbocycles. The second-order valence-electron chi connectivity index (χ2n) is 4.67. The van der Waals surface area contributed by atoms with Crippen molar-refractivity contribution in [3.05, 3.63) is 29.0 Å². The van der Waals surface area contributed by atoms with E-state index in [-0.39, 0.29) is 23.0 Å². The largest absolute Gasteiger partial charge is 0.481 e. The number of carbonyl (C=O) groups excluding carboxylic acids is 1. The number of anilines is 1. The maximum absolute atomic E-state index is 12.9. The fourth-order valence-electron chi connectivity index (χ4n) is 1.56. The van der Waals surface area contributed by atoms with Crippen molar-refractivity contribution in [2.75, 3.05) is 5.32 Å². The van der Waals surface area contributed by atoms with Gasteiger partial charge in [-0.2, -0.15) is 0 Å². The number of hydrogen-bond donors (Lipinski definition) is 3. The van der Waals surface area contributed by atoms with Crippen LogP contribution in [0.25, 0.3) is 0 Å². The molecule has 1 unspecified atom stereocenters. The average Bonchev–Trinajstić information content (AvgIpc) is 2.31. The first-order valence-electron chi connectivity index (χ1n) is 6.04. The number of hydrogen-bond acceptors (Lipinski definition) is 2. The van der Waals surface area contributed by atoms with Gasteiger partial charge in [0.1, 0.15) is 5.82 Å². The van der Waals surface area contributed by atoms with E-state index in [1.807, 2.05) is 0 Å². The molecule has 1 rings (SSSR count). The number of carboxylic acids is 1. The summed E-state index contributed by atoms with van der Waals surface area (Å²) in [4.78, 5) is 22.5. The first kappa shape index (κ1) is 16.2. The molecule has 0 aliphatic heterocycles. The Morgan fingerprint density at radius 3 is 2.55 bits per heavy atom. The van der Waals surface area contributed by atoms with Gasteiger partial charge in [0.15, 0.2) is 0 Å². The summed E-state index contributed by atoms with van der Waals surface area (Å²) < 4.78 is 12.9. The zero-order chi connectivity index (χ0) is 15.3. The van der Waals surface area contributed by atoms with Gasteiger partial charge in [-0.3, -0.25) is 4.79 Å². The lowest BCUT2D eigenvalue weighted by Gasteiger charge is -2.21. The van der Waals surface area contributed by atoms with Crippen molar-refractivity contribution in [1.29, 1.82) is 0 Å². The number of rotatable bonds is 5. The minimum absolute atomic E-state index is 0.0412. The number of carboxylic acid groups (broad SMARTS) is 1. The molecule has 0 spiro atoms. The fourth-order valence-corrected chi connectivity index (χ4v) is 1.77. The molecule has 0 fully saturated rings. The van der Waals surface area contributed by atoms with Gasteiger partial charge < -0.3 is 15.7 Å². The van der Waals surface area contributed by atoms with Gasteiger partial charge in [-0.05, 0) is 24.1 Å². The van der Waals surface area contributed by atoms with E-state index in [1.165, 1.54) is 12.1 Å². The normalized spacial score (nSPS) is 12.1. The first-order valence-corrected chi connectivity index (χ1v) is 6.41. The Labute approximate surface area is 121 Å². The predicted molar refractivity (Wildman–Crippen MR) is 74.4 cm³/mol. The smallest absolute Gasteiger partial charge is 0.319 e. The molecular formula is C13H16ClFN2O3. The van der Waals surface area contributed by atoms with E-state index in [0.29, 0.717) is 0 Å². The molecule has 20 heavy (non-hydrogen) atoms. The van der Waals surface area contributed by atoms with Crippen LogP contribution >= 0.6 is 11.6 Å². The summed E-state index contributed by atoms with van der Waals surface area (Å²) >= 11 is 5.78. The highest BCUT2D eigenvalue weighted by molar-refractivity contribution is 6.33. The molecule has 7 heteroatoms. The third-order valence-corrected chi connectivity index (χ3v) is 3.01. The van der Waals surface area contributed by atoms with Crippen molar-refractivity contribution < 1.29 is 19.1 Å². The van der Waals surface area contributed by atoms with Crippen molar-refractivity contribution in [2.45, 2.75) is 26.3 Å². The van der Waals surface area contributed by atoms with E-state index in [1.54, 1.807) is 13.8 Å². The molecule has 0 aromatic heterocycles. The maximum Gasteiger partial charge on any atom is 0.319 e. The summed E-state index contributed by atoms with van der Waals surface area (Å²) in [7, 11) is 0. The van der Waals surface area contributed by atoms with E-state index in [9.17, 15) is 14.0 Å². The molecule has 1 atom stereocenters. The zero-order valence-electron chi connectivity index (χ0n) is 11.1. The Hall–Kier alpha value is -1.82. The summed E-state index contributed by atoms with van der Waals surface area (Å²) in [5.74, 6) is -1.55. The second-order valence-corrected chi connectivity index (χ2v) is 5.08. The van der Waals surface area contributed by atoms with Crippen LogP contribution < -0.4 is 10.6 Å². The molecule has 3 N–H and O–H groups in total. The number of benzene rings is 1. The van der Waals surface area contributed by atoms with Crippen molar-refractivity contribution in [2.24, 2.45) is 5.92 Å². The quantitative estimate of drug-likeness (QED) is 0.782. The summed E-state index contributed by atoms with van der Waals surface area (Å²) in [6, 6.07) is 2.48. The van der Waals surface area contributed by atoms with Crippen molar-refractivity contribution in [3.8, 4) is 0 Å². The highest BCUT2D eigenvalue weighted by Crippen LogP contribution is 2.22. The molecule has 2 amide bonds. The molecule has 0 radical (unpaired) electrons. The van der Waals surface area contributed by atoms with Crippen LogP contribution in [-0.4, -0.2) is 23.1 Å². The number of aliphatic carboxylic acids is 1. The predicted octanol–water partition coefficient (Wildman–Crippen LogP) is 3.10. The standard InChI is InChI=1S/C13H16ClFN2O3/c1-7(2)11(6-12(18)19)17-13(20)16-10-4-3-8(15)5-9(10)14/h3-5,7,11H,6H2,1-2H3,(H,18,19)(H2,16,17,20). The van der Waals surface area contributed by atoms with Crippen LogP contribution in [-0.2, 0) is 4.79 Å². The van der Waals surface area contributed by atoms with Crippen LogP contribution in [0.15, 0.2) is 18.2 Å². The Morgan fingerprint density at radius 2 is 2.05 bits per heavy atom. The van der Waals surface area contributed by atoms with E-state index in [2.05, 4.69) is 10.6 Å². The number of carbonyl (C=O) groups is 2. The first-order chi connectivity index (χ1) is 9.29. The number of amides is 2. The van der Waals surface area contributed by atoms with Crippen LogP contribution in [0.1, 0.15) is 20.3 Å². The van der Waals surface area contributed by atoms with Gasteiger partial charge in [0, 0.05) is 6.04 Å². The van der Waals surface area contributed by atoms with E-state index < -0.39 is 23.9 Å². The van der Waals surface area contributed by atoms with Crippen molar-refractivity contribution in [1.82, 2.24) is 5.32 Å². The number of urea groups is 1. The van der Waals surface area contributed by atoms with Crippen molar-refractivity contribution >= 4 is 29.3 Å². The van der Waals surface area contributed by atoms with Crippen LogP contribution in [0, 0.1) is 11.7 Å². The van der Waals surface area contributed by atoms with Gasteiger partial charge >= 0.3 is 12.0 Å². The van der Waals surface area contributed by atoms with Crippen LogP contribution in [0.3, 0.4) is 0 Å². The van der Waals surface area contributed by atoms with E-state index in [0.717, 1.165) is 6.07 Å². The molecule has 0 aliphatic carbocycles. The van der Waals surface area contributed by atoms with Crippen LogP contribution in [0.2, 0.25) is 5.02 Å². The lowest BCUT2D eigenvalue weighted by molar-refractivity contribution is -0.137. The summed E-state index contributed by atoms with van der Waals surface area (Å²) in [6.45, 7) is 3.61. The van der Waals surface area contributed by atoms with Gasteiger partial charge in [-0.1, -0.05) is 25.4 Å². The average molecular weight is 303 g/mol. The molecule has 5 nitrogen and oxygen atoms in total. The highest BCUT2D eigenvalue weighted by atomic mass is 35.5. The van der Waals surface area contributed by atoms with E-state index in [4.69, 9.17) is 16.7 Å². The number of nitrogens with one attached hydrogen (secondary N) is 2. The van der Waals surface area contributed by atoms with Gasteiger partial charge in [0.25, 0.3) is 0 Å². The zero-order valence-corrected chi connectivity index (χ0v) is 11.9. The molecule has 0 bridgehead atoms. The second kappa shape index (κ2) is 7.09. The maximum atomic E-state index is 12.9. The molecule has 0 saturated heterocycles. The minimum Gasteiger partial charge on any atom is -0.481 e. The topological polar surface area (TPSA) is 78.4 Å². The molecule has 0 aliphatic rings. The van der Waals surface area contributed by atoms with E-state index >= 15 is 0 Å². The molecular weight excluding hydrogens is 287 g/mol. The Balaban J connectivity index is 2.68. The van der Waals surface area contributed by atoms with Crippen LogP contribution in [0.5, 0.6) is 0 Å². The lowest BCUT2D eigenvalue weighted by Crippen LogP contribution is -2.42. The van der Waals surface area contributed by atoms with Gasteiger partial charge in [-0.15, -0.1) is 0 Å².